The van der Waals surface area contributed by atoms with Gasteiger partial charge in [0, 0.05) is 37.3 Å². The minimum absolute atomic E-state index is 0.0741. The minimum Gasteiger partial charge on any atom is -0.380 e. The van der Waals surface area contributed by atoms with Crippen LogP contribution in [0.3, 0.4) is 0 Å². The Morgan fingerprint density at radius 2 is 1.58 bits per heavy atom. The fourth-order valence-electron chi connectivity index (χ4n) is 2.50. The van der Waals surface area contributed by atoms with E-state index in [0.717, 1.165) is 16.8 Å². The number of aromatic nitrogens is 1. The molecule has 0 saturated carbocycles. The fraction of sp³-hybridized carbons (Fsp3) is 0.150. The number of hydrogen-bond donors (Lipinski definition) is 1. The van der Waals surface area contributed by atoms with Crippen LogP contribution < -0.4 is 5.32 Å². The van der Waals surface area contributed by atoms with Gasteiger partial charge < -0.3 is 14.6 Å². The molecule has 1 amide bonds. The van der Waals surface area contributed by atoms with Crippen molar-refractivity contribution in [1.29, 1.82) is 0 Å². The third-order valence-electron chi connectivity index (χ3n) is 3.82. The van der Waals surface area contributed by atoms with Crippen molar-refractivity contribution < 1.29 is 9.53 Å². The Morgan fingerprint density at radius 1 is 0.958 bits per heavy atom. The molecule has 0 bridgehead atoms. The lowest BCUT2D eigenvalue weighted by atomic mass is 10.1. The maximum Gasteiger partial charge on any atom is 0.251 e. The number of amides is 1. The van der Waals surface area contributed by atoms with Crippen molar-refractivity contribution in [2.45, 2.75) is 13.2 Å². The number of nitrogens with zero attached hydrogens (tertiary/aromatic N) is 1. The second-order valence-electron chi connectivity index (χ2n) is 5.57. The van der Waals surface area contributed by atoms with Crippen molar-refractivity contribution >= 4 is 5.91 Å². The first-order chi connectivity index (χ1) is 11.8. The van der Waals surface area contributed by atoms with Crippen molar-refractivity contribution in [2.75, 3.05) is 7.11 Å². The predicted octanol–water partition coefficient (Wildman–Crippen LogP) is 3.55. The lowest BCUT2D eigenvalue weighted by Crippen LogP contribution is -2.22. The van der Waals surface area contributed by atoms with Gasteiger partial charge in [-0.1, -0.05) is 24.3 Å². The van der Waals surface area contributed by atoms with Crippen LogP contribution in [0.5, 0.6) is 0 Å². The SMILES string of the molecule is COCc1ccc(CNC(=O)c2ccc(-n3cccc3)cc2)cc1. The molecule has 4 heteroatoms. The Morgan fingerprint density at radius 3 is 2.21 bits per heavy atom. The van der Waals surface area contributed by atoms with E-state index in [-0.39, 0.29) is 5.91 Å². The standard InChI is InChI=1S/C20H20N2O2/c1-24-15-17-6-4-16(5-7-17)14-21-20(23)18-8-10-19(11-9-18)22-12-2-3-13-22/h2-13H,14-15H2,1H3,(H,21,23). The average Bonchev–Trinajstić information content (AvgIpc) is 3.16. The largest absolute Gasteiger partial charge is 0.380 e. The summed E-state index contributed by atoms with van der Waals surface area (Å²) < 4.78 is 7.09. The van der Waals surface area contributed by atoms with Crippen molar-refractivity contribution in [1.82, 2.24) is 9.88 Å². The molecule has 0 saturated heterocycles. The third kappa shape index (κ3) is 3.91. The summed E-state index contributed by atoms with van der Waals surface area (Å²) in [6, 6.07) is 19.5. The van der Waals surface area contributed by atoms with Crippen LogP contribution in [0.25, 0.3) is 5.69 Å². The first-order valence-electron chi connectivity index (χ1n) is 7.84. The summed E-state index contributed by atoms with van der Waals surface area (Å²) in [6.45, 7) is 1.10. The van der Waals surface area contributed by atoms with Crippen molar-refractivity contribution in [2.24, 2.45) is 0 Å². The van der Waals surface area contributed by atoms with E-state index in [1.807, 2.05) is 77.6 Å². The smallest absolute Gasteiger partial charge is 0.251 e. The van der Waals surface area contributed by atoms with E-state index < -0.39 is 0 Å². The summed E-state index contributed by atoms with van der Waals surface area (Å²) in [5.41, 5.74) is 3.87. The van der Waals surface area contributed by atoms with Gasteiger partial charge in [-0.3, -0.25) is 4.79 Å². The van der Waals surface area contributed by atoms with Gasteiger partial charge in [-0.15, -0.1) is 0 Å². The molecule has 0 aliphatic rings. The van der Waals surface area contributed by atoms with Gasteiger partial charge in [0.1, 0.15) is 0 Å². The zero-order valence-corrected chi connectivity index (χ0v) is 13.6. The Balaban J connectivity index is 1.58. The predicted molar refractivity (Wildman–Crippen MR) is 94.1 cm³/mol. The van der Waals surface area contributed by atoms with Gasteiger partial charge in [-0.25, -0.2) is 0 Å². The number of carbonyl (C=O) groups excluding carboxylic acids is 1. The first-order valence-corrected chi connectivity index (χ1v) is 7.84. The van der Waals surface area contributed by atoms with Crippen molar-refractivity contribution in [3.05, 3.63) is 89.7 Å². The number of nitrogens with one attached hydrogen (secondary N) is 1. The van der Waals surface area contributed by atoms with Gasteiger partial charge in [-0.05, 0) is 47.5 Å². The summed E-state index contributed by atoms with van der Waals surface area (Å²) in [6.07, 6.45) is 3.95. The molecule has 0 fully saturated rings. The molecule has 0 radical (unpaired) electrons. The number of methoxy groups -OCH3 is 1. The van der Waals surface area contributed by atoms with Gasteiger partial charge in [0.15, 0.2) is 0 Å². The van der Waals surface area contributed by atoms with Crippen LogP contribution in [0.4, 0.5) is 0 Å². The van der Waals surface area contributed by atoms with Crippen molar-refractivity contribution in [3.8, 4) is 5.69 Å². The van der Waals surface area contributed by atoms with Crippen LogP contribution in [0.15, 0.2) is 73.1 Å². The van der Waals surface area contributed by atoms with Crippen LogP contribution in [0.2, 0.25) is 0 Å². The molecule has 0 unspecified atom stereocenters. The quantitative estimate of drug-likeness (QED) is 0.755. The van der Waals surface area contributed by atoms with Gasteiger partial charge in [0.25, 0.3) is 5.91 Å². The molecule has 0 spiro atoms. The molecule has 0 aliphatic heterocycles. The topological polar surface area (TPSA) is 43.3 Å². The highest BCUT2D eigenvalue weighted by Gasteiger charge is 2.05. The monoisotopic (exact) mass is 320 g/mol. The Kier molecular flexibility index (Phi) is 5.08. The van der Waals surface area contributed by atoms with E-state index in [1.54, 1.807) is 7.11 Å². The fourth-order valence-corrected chi connectivity index (χ4v) is 2.50. The van der Waals surface area contributed by atoms with Gasteiger partial charge in [0.05, 0.1) is 6.61 Å². The molecular weight excluding hydrogens is 300 g/mol. The van der Waals surface area contributed by atoms with Crippen molar-refractivity contribution in [3.63, 3.8) is 0 Å². The van der Waals surface area contributed by atoms with E-state index >= 15 is 0 Å². The third-order valence-corrected chi connectivity index (χ3v) is 3.82. The maximum absolute atomic E-state index is 12.2. The van der Waals surface area contributed by atoms with E-state index in [0.29, 0.717) is 18.7 Å². The molecule has 0 atom stereocenters. The highest BCUT2D eigenvalue weighted by atomic mass is 16.5. The summed E-state index contributed by atoms with van der Waals surface area (Å²) in [7, 11) is 1.68. The molecule has 24 heavy (non-hydrogen) atoms. The summed E-state index contributed by atoms with van der Waals surface area (Å²) >= 11 is 0. The number of benzene rings is 2. The zero-order chi connectivity index (χ0) is 16.8. The maximum atomic E-state index is 12.2. The summed E-state index contributed by atoms with van der Waals surface area (Å²) in [5, 5.41) is 2.94. The highest BCUT2D eigenvalue weighted by Crippen LogP contribution is 2.10. The molecular formula is C20H20N2O2. The molecule has 3 rings (SSSR count). The molecule has 4 nitrogen and oxygen atoms in total. The zero-order valence-electron chi connectivity index (χ0n) is 13.6. The normalized spacial score (nSPS) is 10.5. The summed E-state index contributed by atoms with van der Waals surface area (Å²) in [5.74, 6) is -0.0741. The van der Waals surface area contributed by atoms with Crippen LogP contribution in [0.1, 0.15) is 21.5 Å². The average molecular weight is 320 g/mol. The van der Waals surface area contributed by atoms with Crippen LogP contribution >= 0.6 is 0 Å². The van der Waals surface area contributed by atoms with E-state index in [2.05, 4.69) is 5.32 Å². The molecule has 0 aliphatic carbocycles. The molecule has 3 aromatic rings. The second kappa shape index (κ2) is 7.62. The van der Waals surface area contributed by atoms with E-state index in [1.165, 1.54) is 0 Å². The van der Waals surface area contributed by atoms with Crippen LogP contribution in [0, 0.1) is 0 Å². The number of rotatable bonds is 6. The van der Waals surface area contributed by atoms with Gasteiger partial charge in [-0.2, -0.15) is 0 Å². The lowest BCUT2D eigenvalue weighted by Gasteiger charge is -2.08. The number of ether oxygens (including phenoxy) is 1. The van der Waals surface area contributed by atoms with Crippen LogP contribution in [-0.2, 0) is 17.9 Å². The molecule has 1 heterocycles. The molecule has 1 N–H and O–H groups in total. The lowest BCUT2D eigenvalue weighted by molar-refractivity contribution is 0.0951. The second-order valence-corrected chi connectivity index (χ2v) is 5.57. The Hall–Kier alpha value is -2.85. The number of hydrogen-bond acceptors (Lipinski definition) is 2. The number of carbonyl (C=O) groups is 1. The van der Waals surface area contributed by atoms with Gasteiger partial charge in [0.2, 0.25) is 0 Å². The Bertz CT molecular complexity index is 776. The molecule has 1 aromatic heterocycles. The Labute approximate surface area is 141 Å². The highest BCUT2D eigenvalue weighted by molar-refractivity contribution is 5.94. The van der Waals surface area contributed by atoms with E-state index in [9.17, 15) is 4.79 Å². The van der Waals surface area contributed by atoms with Crippen LogP contribution in [-0.4, -0.2) is 17.6 Å². The molecule has 2 aromatic carbocycles. The van der Waals surface area contributed by atoms with E-state index in [4.69, 9.17) is 4.74 Å². The van der Waals surface area contributed by atoms with Gasteiger partial charge >= 0.3 is 0 Å². The summed E-state index contributed by atoms with van der Waals surface area (Å²) in [4.78, 5) is 12.2. The first kappa shape index (κ1) is 16.0. The minimum atomic E-state index is -0.0741. The molecule has 122 valence electrons.